The Labute approximate surface area is 118 Å². The van der Waals surface area contributed by atoms with E-state index >= 15 is 0 Å². The number of carbonyl (C=O) groups excluding carboxylic acids is 1. The van der Waals surface area contributed by atoms with Crippen molar-refractivity contribution in [1.82, 2.24) is 10.2 Å². The Morgan fingerprint density at radius 3 is 2.47 bits per heavy atom. The van der Waals surface area contributed by atoms with Gasteiger partial charge in [-0.05, 0) is 45.6 Å². The zero-order chi connectivity index (χ0) is 14.8. The van der Waals surface area contributed by atoms with E-state index in [0.29, 0.717) is 6.04 Å². The minimum atomic E-state index is -0.509. The molecule has 0 heterocycles. The van der Waals surface area contributed by atoms with Gasteiger partial charge in [-0.25, -0.2) is 0 Å². The average Bonchev–Trinajstić information content (AvgIpc) is 2.59. The number of amides is 1. The number of hydrogen-bond acceptors (Lipinski definition) is 3. The van der Waals surface area contributed by atoms with Crippen LogP contribution in [0.15, 0.2) is 0 Å². The summed E-state index contributed by atoms with van der Waals surface area (Å²) < 4.78 is 0. The first-order chi connectivity index (χ1) is 8.56. The fourth-order valence-electron chi connectivity index (χ4n) is 3.25. The molecule has 4 nitrogen and oxygen atoms in total. The molecule has 0 saturated heterocycles. The van der Waals surface area contributed by atoms with E-state index in [2.05, 4.69) is 51.9 Å². The molecule has 3 N–H and O–H groups in total. The highest BCUT2D eigenvalue weighted by atomic mass is 16.1. The number of primary amides is 1. The van der Waals surface area contributed by atoms with Gasteiger partial charge >= 0.3 is 0 Å². The van der Waals surface area contributed by atoms with Gasteiger partial charge in [0, 0.05) is 18.6 Å². The Bertz CT molecular complexity index is 322. The van der Waals surface area contributed by atoms with Crippen molar-refractivity contribution in [3.63, 3.8) is 0 Å². The third-order valence-electron chi connectivity index (χ3n) is 3.87. The van der Waals surface area contributed by atoms with Crippen LogP contribution in [0.4, 0.5) is 0 Å². The van der Waals surface area contributed by atoms with Gasteiger partial charge in [-0.2, -0.15) is 0 Å². The zero-order valence-electron chi connectivity index (χ0n) is 13.4. The van der Waals surface area contributed by atoms with Crippen molar-refractivity contribution in [2.75, 3.05) is 13.6 Å². The van der Waals surface area contributed by atoms with E-state index in [4.69, 9.17) is 5.73 Å². The summed E-state index contributed by atoms with van der Waals surface area (Å²) in [5.74, 6) is -0.201. The zero-order valence-corrected chi connectivity index (χ0v) is 13.4. The smallest absolute Gasteiger partial charge is 0.237 e. The lowest BCUT2D eigenvalue weighted by atomic mass is 9.93. The predicted molar refractivity (Wildman–Crippen MR) is 79.9 cm³/mol. The molecule has 2 atom stereocenters. The second-order valence-electron chi connectivity index (χ2n) is 7.62. The lowest BCUT2D eigenvalue weighted by Crippen LogP contribution is -2.56. The fraction of sp³-hybridized carbons (Fsp3) is 0.933. The SMILES string of the molecule is CC(C)NC1(C(N)=O)CCC(N(C)CC(C)(C)C)C1. The number of nitrogens with one attached hydrogen (secondary N) is 1. The summed E-state index contributed by atoms with van der Waals surface area (Å²) >= 11 is 0. The number of nitrogens with zero attached hydrogens (tertiary/aromatic N) is 1. The molecule has 0 aromatic rings. The third kappa shape index (κ3) is 4.46. The monoisotopic (exact) mass is 269 g/mol. The van der Waals surface area contributed by atoms with Crippen LogP contribution in [0.3, 0.4) is 0 Å². The average molecular weight is 269 g/mol. The van der Waals surface area contributed by atoms with Crippen molar-refractivity contribution in [1.29, 1.82) is 0 Å². The van der Waals surface area contributed by atoms with E-state index in [1.165, 1.54) is 0 Å². The number of nitrogens with two attached hydrogens (primary N) is 1. The van der Waals surface area contributed by atoms with Gasteiger partial charge in [0.15, 0.2) is 0 Å². The molecule has 1 aliphatic rings. The van der Waals surface area contributed by atoms with Crippen LogP contribution >= 0.6 is 0 Å². The highest BCUT2D eigenvalue weighted by Gasteiger charge is 2.45. The van der Waals surface area contributed by atoms with E-state index in [-0.39, 0.29) is 17.4 Å². The molecule has 0 aliphatic heterocycles. The van der Waals surface area contributed by atoms with Crippen LogP contribution in [0.1, 0.15) is 53.9 Å². The lowest BCUT2D eigenvalue weighted by Gasteiger charge is -2.34. The molecule has 1 amide bonds. The molecule has 2 unspecified atom stereocenters. The first kappa shape index (κ1) is 16.4. The van der Waals surface area contributed by atoms with Crippen molar-refractivity contribution in [2.45, 2.75) is 71.5 Å². The first-order valence-corrected chi connectivity index (χ1v) is 7.33. The maximum atomic E-state index is 11.9. The maximum absolute atomic E-state index is 11.9. The molecule has 4 heteroatoms. The third-order valence-corrected chi connectivity index (χ3v) is 3.87. The highest BCUT2D eigenvalue weighted by molar-refractivity contribution is 5.85. The molecule has 112 valence electrons. The Morgan fingerprint density at radius 1 is 1.47 bits per heavy atom. The van der Waals surface area contributed by atoms with Gasteiger partial charge in [0.1, 0.15) is 0 Å². The van der Waals surface area contributed by atoms with Crippen molar-refractivity contribution in [2.24, 2.45) is 11.1 Å². The van der Waals surface area contributed by atoms with Crippen LogP contribution in [0.25, 0.3) is 0 Å². The summed E-state index contributed by atoms with van der Waals surface area (Å²) in [5.41, 5.74) is 5.42. The summed E-state index contributed by atoms with van der Waals surface area (Å²) in [6.45, 7) is 11.9. The standard InChI is InChI=1S/C15H31N3O/c1-11(2)17-15(13(16)19)8-7-12(9-15)18(6)10-14(3,4)5/h11-12,17H,7-10H2,1-6H3,(H2,16,19). The predicted octanol–water partition coefficient (Wildman–Crippen LogP) is 1.74. The maximum Gasteiger partial charge on any atom is 0.237 e. The molecule has 0 spiro atoms. The van der Waals surface area contributed by atoms with Gasteiger partial charge in [0.2, 0.25) is 5.91 Å². The summed E-state index contributed by atoms with van der Waals surface area (Å²) in [6, 6.07) is 0.720. The van der Waals surface area contributed by atoms with E-state index < -0.39 is 5.54 Å². The van der Waals surface area contributed by atoms with Crippen LogP contribution in [-0.2, 0) is 4.79 Å². The number of hydrogen-bond donors (Lipinski definition) is 2. The van der Waals surface area contributed by atoms with Crippen LogP contribution in [0, 0.1) is 5.41 Å². The van der Waals surface area contributed by atoms with Crippen LogP contribution in [-0.4, -0.2) is 42.0 Å². The molecule has 0 bridgehead atoms. The van der Waals surface area contributed by atoms with E-state index in [1.54, 1.807) is 0 Å². The minimum absolute atomic E-state index is 0.201. The van der Waals surface area contributed by atoms with Crippen LogP contribution in [0.2, 0.25) is 0 Å². The number of rotatable bonds is 5. The summed E-state index contributed by atoms with van der Waals surface area (Å²) in [4.78, 5) is 14.2. The summed E-state index contributed by atoms with van der Waals surface area (Å²) in [5, 5.41) is 3.40. The van der Waals surface area contributed by atoms with E-state index in [9.17, 15) is 4.79 Å². The van der Waals surface area contributed by atoms with E-state index in [1.807, 2.05) is 0 Å². The molecule has 1 fully saturated rings. The van der Waals surface area contributed by atoms with Gasteiger partial charge in [0.05, 0.1) is 5.54 Å². The fourth-order valence-corrected chi connectivity index (χ4v) is 3.25. The van der Waals surface area contributed by atoms with Crippen molar-refractivity contribution >= 4 is 5.91 Å². The van der Waals surface area contributed by atoms with Gasteiger partial charge in [-0.15, -0.1) is 0 Å². The topological polar surface area (TPSA) is 58.4 Å². The normalized spacial score (nSPS) is 28.3. The Morgan fingerprint density at radius 2 is 2.05 bits per heavy atom. The first-order valence-electron chi connectivity index (χ1n) is 7.33. The summed E-state index contributed by atoms with van der Waals surface area (Å²) in [6.07, 6.45) is 2.71. The molecule has 1 aliphatic carbocycles. The van der Waals surface area contributed by atoms with Crippen molar-refractivity contribution in [3.05, 3.63) is 0 Å². The number of carbonyl (C=O) groups is 1. The molecule has 0 radical (unpaired) electrons. The second-order valence-corrected chi connectivity index (χ2v) is 7.62. The molecule has 19 heavy (non-hydrogen) atoms. The van der Waals surface area contributed by atoms with E-state index in [0.717, 1.165) is 25.8 Å². The Hall–Kier alpha value is -0.610. The molecule has 0 aromatic heterocycles. The largest absolute Gasteiger partial charge is 0.368 e. The van der Waals surface area contributed by atoms with Crippen LogP contribution in [0.5, 0.6) is 0 Å². The molecular formula is C15H31N3O. The Balaban J connectivity index is 2.71. The molecule has 1 saturated carbocycles. The Kier molecular flexibility index (Phi) is 5.02. The highest BCUT2D eigenvalue weighted by Crippen LogP contribution is 2.34. The van der Waals surface area contributed by atoms with Gasteiger partial charge in [-0.3, -0.25) is 4.79 Å². The van der Waals surface area contributed by atoms with Crippen molar-refractivity contribution < 1.29 is 4.79 Å². The summed E-state index contributed by atoms with van der Waals surface area (Å²) in [7, 11) is 2.16. The molecule has 1 rings (SSSR count). The lowest BCUT2D eigenvalue weighted by molar-refractivity contribution is -0.124. The minimum Gasteiger partial charge on any atom is -0.368 e. The second kappa shape index (κ2) is 5.80. The van der Waals surface area contributed by atoms with Gasteiger partial charge in [-0.1, -0.05) is 20.8 Å². The van der Waals surface area contributed by atoms with Gasteiger partial charge < -0.3 is 16.0 Å². The van der Waals surface area contributed by atoms with Crippen molar-refractivity contribution in [3.8, 4) is 0 Å². The van der Waals surface area contributed by atoms with Crippen LogP contribution < -0.4 is 11.1 Å². The quantitative estimate of drug-likeness (QED) is 0.799. The van der Waals surface area contributed by atoms with Gasteiger partial charge in [0.25, 0.3) is 0 Å². The molecule has 0 aromatic carbocycles. The molecular weight excluding hydrogens is 238 g/mol.